The molecule has 0 bridgehead atoms. The number of guanidine groups is 1. The average molecular weight is 514 g/mol. The van der Waals surface area contributed by atoms with Gasteiger partial charge in [0.05, 0.1) is 12.4 Å². The summed E-state index contributed by atoms with van der Waals surface area (Å²) < 4.78 is 0. The molecule has 0 fully saturated rings. The van der Waals surface area contributed by atoms with Gasteiger partial charge in [-0.2, -0.15) is 11.8 Å². The van der Waals surface area contributed by atoms with Gasteiger partial charge in [-0.3, -0.25) is 19.4 Å². The van der Waals surface area contributed by atoms with Crippen molar-refractivity contribution in [2.45, 2.75) is 56.8 Å². The van der Waals surface area contributed by atoms with Crippen LogP contribution in [0, 0.1) is 0 Å². The maximum absolute atomic E-state index is 13.1. The van der Waals surface area contributed by atoms with Crippen LogP contribution in [0.4, 0.5) is 0 Å². The highest BCUT2D eigenvalue weighted by atomic mass is 32.2. The van der Waals surface area contributed by atoms with Gasteiger partial charge in [0.15, 0.2) is 5.96 Å². The van der Waals surface area contributed by atoms with Crippen molar-refractivity contribution in [1.29, 1.82) is 0 Å². The van der Waals surface area contributed by atoms with Crippen LogP contribution >= 0.6 is 11.8 Å². The topological polar surface area (TPSA) is 244 Å². The van der Waals surface area contributed by atoms with Gasteiger partial charge in [0.25, 0.3) is 0 Å². The number of imidazole rings is 1. The number of amides is 3. The van der Waals surface area contributed by atoms with E-state index in [-0.39, 0.29) is 31.8 Å². The molecule has 4 atom stereocenters. The van der Waals surface area contributed by atoms with Crippen molar-refractivity contribution < 1.29 is 24.3 Å². The number of carbonyl (C=O) groups excluding carboxylic acids is 3. The molecule has 0 saturated carbocycles. The van der Waals surface area contributed by atoms with E-state index < -0.39 is 47.9 Å². The predicted octanol–water partition coefficient (Wildman–Crippen LogP) is -2.35. The Morgan fingerprint density at radius 3 is 2.26 bits per heavy atom. The lowest BCUT2D eigenvalue weighted by molar-refractivity contribution is -0.142. The molecule has 35 heavy (non-hydrogen) atoms. The first-order chi connectivity index (χ1) is 16.5. The summed E-state index contributed by atoms with van der Waals surface area (Å²) in [5.74, 6) is -2.65. The van der Waals surface area contributed by atoms with E-state index in [2.05, 4.69) is 30.9 Å². The number of nitrogens with two attached hydrogens (primary N) is 3. The minimum atomic E-state index is -1.18. The predicted molar refractivity (Wildman–Crippen MR) is 132 cm³/mol. The molecule has 0 radical (unpaired) electrons. The second kappa shape index (κ2) is 15.5. The zero-order valence-electron chi connectivity index (χ0n) is 19.8. The minimum absolute atomic E-state index is 0.0676. The van der Waals surface area contributed by atoms with Gasteiger partial charge in [0.1, 0.15) is 18.1 Å². The van der Waals surface area contributed by atoms with E-state index in [0.29, 0.717) is 17.9 Å². The lowest BCUT2D eigenvalue weighted by Gasteiger charge is -2.24. The largest absolute Gasteiger partial charge is 0.480 e. The van der Waals surface area contributed by atoms with Crippen molar-refractivity contribution in [3.8, 4) is 0 Å². The van der Waals surface area contributed by atoms with Crippen molar-refractivity contribution in [1.82, 2.24) is 25.9 Å². The van der Waals surface area contributed by atoms with Crippen LogP contribution in [0.25, 0.3) is 0 Å². The number of aromatic nitrogens is 2. The van der Waals surface area contributed by atoms with E-state index in [4.69, 9.17) is 17.2 Å². The molecule has 14 nitrogen and oxygen atoms in total. The molecule has 1 aromatic rings. The highest BCUT2D eigenvalue weighted by molar-refractivity contribution is 7.98. The summed E-state index contributed by atoms with van der Waals surface area (Å²) >= 11 is 1.45. The monoisotopic (exact) mass is 513 g/mol. The molecule has 0 aliphatic rings. The number of nitrogens with zero attached hydrogens (tertiary/aromatic N) is 2. The Morgan fingerprint density at radius 1 is 1.09 bits per heavy atom. The molecular weight excluding hydrogens is 478 g/mol. The van der Waals surface area contributed by atoms with Gasteiger partial charge in [-0.05, 0) is 38.2 Å². The Bertz CT molecular complexity index is 859. The molecule has 1 heterocycles. The van der Waals surface area contributed by atoms with Gasteiger partial charge in [0, 0.05) is 24.9 Å². The van der Waals surface area contributed by atoms with E-state index in [1.807, 2.05) is 6.26 Å². The summed E-state index contributed by atoms with van der Waals surface area (Å²) in [6, 6.07) is -4.14. The quantitative estimate of drug-likeness (QED) is 0.0664. The molecule has 0 aliphatic carbocycles. The van der Waals surface area contributed by atoms with E-state index in [1.54, 1.807) is 0 Å². The average Bonchev–Trinajstić information content (AvgIpc) is 3.30. The second-order valence-electron chi connectivity index (χ2n) is 7.82. The van der Waals surface area contributed by atoms with Crippen LogP contribution in [-0.4, -0.2) is 87.4 Å². The maximum atomic E-state index is 13.1. The highest BCUT2D eigenvalue weighted by Gasteiger charge is 2.30. The van der Waals surface area contributed by atoms with Crippen LogP contribution in [0.2, 0.25) is 0 Å². The summed E-state index contributed by atoms with van der Waals surface area (Å²) in [7, 11) is 0. The molecule has 0 saturated heterocycles. The summed E-state index contributed by atoms with van der Waals surface area (Å²) in [4.78, 5) is 60.4. The molecule has 3 amide bonds. The van der Waals surface area contributed by atoms with Crippen LogP contribution in [0.5, 0.6) is 0 Å². The molecular formula is C20H35N9O5S. The molecule has 1 aromatic heterocycles. The Kier molecular flexibility index (Phi) is 13.2. The Labute approximate surface area is 207 Å². The number of carboxylic acid groups (broad SMARTS) is 1. The first-order valence-electron chi connectivity index (χ1n) is 11.0. The molecule has 11 N–H and O–H groups in total. The molecule has 1 rings (SSSR count). The van der Waals surface area contributed by atoms with E-state index in [0.717, 1.165) is 0 Å². The molecule has 15 heteroatoms. The number of carboxylic acids is 1. The maximum Gasteiger partial charge on any atom is 0.326 e. The zero-order chi connectivity index (χ0) is 26.4. The van der Waals surface area contributed by atoms with E-state index >= 15 is 0 Å². The van der Waals surface area contributed by atoms with Crippen LogP contribution in [-0.2, 0) is 25.6 Å². The number of hydrogen-bond donors (Lipinski definition) is 8. The van der Waals surface area contributed by atoms with Crippen molar-refractivity contribution >= 4 is 41.4 Å². The lowest BCUT2D eigenvalue weighted by Crippen LogP contribution is -2.57. The summed E-state index contributed by atoms with van der Waals surface area (Å²) in [6.45, 7) is 1.68. The fourth-order valence-corrected chi connectivity index (χ4v) is 3.41. The fraction of sp³-hybridized carbons (Fsp3) is 0.600. The summed E-state index contributed by atoms with van der Waals surface area (Å²) in [5, 5.41) is 17.1. The second-order valence-corrected chi connectivity index (χ2v) is 8.81. The Balaban J connectivity index is 3.03. The smallest absolute Gasteiger partial charge is 0.326 e. The number of thioether (sulfide) groups is 1. The Hall–Kier alpha value is -3.33. The fourth-order valence-electron chi connectivity index (χ4n) is 2.94. The van der Waals surface area contributed by atoms with Gasteiger partial charge in [-0.15, -0.1) is 0 Å². The number of H-pyrrole nitrogens is 1. The SMILES string of the molecule is CSCCC(NC(=O)C(CCCN=C(N)N)NC(=O)C(Cc1cnc[nH]1)NC(=O)C(C)N)C(=O)O. The van der Waals surface area contributed by atoms with Crippen molar-refractivity contribution in [2.24, 2.45) is 22.2 Å². The number of carbonyl (C=O) groups is 4. The first-order valence-corrected chi connectivity index (χ1v) is 12.4. The third-order valence-corrected chi connectivity index (χ3v) is 5.47. The number of hydrogen-bond acceptors (Lipinski definition) is 8. The number of aromatic amines is 1. The first kappa shape index (κ1) is 29.7. The van der Waals surface area contributed by atoms with Crippen LogP contribution in [0.3, 0.4) is 0 Å². The Morgan fingerprint density at radius 2 is 1.71 bits per heavy atom. The molecule has 4 unspecified atom stereocenters. The lowest BCUT2D eigenvalue weighted by atomic mass is 10.1. The zero-order valence-corrected chi connectivity index (χ0v) is 20.6. The van der Waals surface area contributed by atoms with Gasteiger partial charge < -0.3 is 43.2 Å². The van der Waals surface area contributed by atoms with Crippen LogP contribution in [0.1, 0.15) is 31.9 Å². The molecule has 196 valence electrons. The van der Waals surface area contributed by atoms with Gasteiger partial charge in [-0.25, -0.2) is 9.78 Å². The van der Waals surface area contributed by atoms with Crippen LogP contribution < -0.4 is 33.2 Å². The van der Waals surface area contributed by atoms with Crippen molar-refractivity contribution in [3.63, 3.8) is 0 Å². The standard InChI is InChI=1S/C20H35N9O5S/c1-11(21)16(30)29-15(8-12-9-24-10-26-12)18(32)27-13(4-3-6-25-20(22)23)17(31)28-14(19(33)34)5-7-35-2/h9-11,13-15H,3-8,21H2,1-2H3,(H,24,26)(H,27,32)(H,28,31)(H,29,30)(H,33,34)(H4,22,23,25). The molecule has 0 aromatic carbocycles. The van der Waals surface area contributed by atoms with E-state index in [1.165, 1.54) is 31.2 Å². The summed E-state index contributed by atoms with van der Waals surface area (Å²) in [5.41, 5.74) is 16.8. The number of rotatable bonds is 16. The number of aliphatic carboxylic acids is 1. The van der Waals surface area contributed by atoms with E-state index in [9.17, 15) is 24.3 Å². The minimum Gasteiger partial charge on any atom is -0.480 e. The van der Waals surface area contributed by atoms with Gasteiger partial charge >= 0.3 is 5.97 Å². The number of nitrogens with one attached hydrogen (secondary N) is 4. The highest BCUT2D eigenvalue weighted by Crippen LogP contribution is 2.06. The molecule has 0 aliphatic heterocycles. The van der Waals surface area contributed by atoms with Gasteiger partial charge in [0.2, 0.25) is 17.7 Å². The van der Waals surface area contributed by atoms with Crippen molar-refractivity contribution in [3.05, 3.63) is 18.2 Å². The summed E-state index contributed by atoms with van der Waals surface area (Å²) in [6.07, 6.45) is 5.49. The number of aliphatic imine (C=N–C) groups is 1. The third kappa shape index (κ3) is 11.6. The molecule has 0 spiro atoms. The van der Waals surface area contributed by atoms with Gasteiger partial charge in [-0.1, -0.05) is 0 Å². The third-order valence-electron chi connectivity index (χ3n) is 4.83. The van der Waals surface area contributed by atoms with Crippen LogP contribution in [0.15, 0.2) is 17.5 Å². The normalized spacial score (nSPS) is 14.1. The van der Waals surface area contributed by atoms with Crippen molar-refractivity contribution in [2.75, 3.05) is 18.6 Å².